The van der Waals surface area contributed by atoms with Crippen molar-refractivity contribution in [2.24, 2.45) is 17.8 Å². The number of nitrogens with one attached hydrogen (secondary N) is 3. The molecule has 26 heavy (non-hydrogen) atoms. The normalized spacial score (nSPS) is 28.9. The Balaban J connectivity index is 1.27. The first-order valence-electron chi connectivity index (χ1n) is 9.26. The Hall–Kier alpha value is -2.63. The first kappa shape index (κ1) is 16.8. The van der Waals surface area contributed by atoms with Crippen molar-refractivity contribution in [3.63, 3.8) is 0 Å². The van der Waals surface area contributed by atoms with Gasteiger partial charge in [-0.15, -0.1) is 0 Å². The number of para-hydroxylation sites is 1. The summed E-state index contributed by atoms with van der Waals surface area (Å²) in [5, 5.41) is 8.47. The highest BCUT2D eigenvalue weighted by atomic mass is 16.2. The molecule has 1 aromatic carbocycles. The van der Waals surface area contributed by atoms with Gasteiger partial charge in [-0.25, -0.2) is 0 Å². The molecule has 3 aliphatic rings. The molecule has 136 valence electrons. The van der Waals surface area contributed by atoms with E-state index in [-0.39, 0.29) is 30.6 Å². The Morgan fingerprint density at radius 1 is 1.15 bits per heavy atom. The van der Waals surface area contributed by atoms with Crippen LogP contribution in [-0.2, 0) is 9.59 Å². The number of carbonyl (C=O) groups is 3. The summed E-state index contributed by atoms with van der Waals surface area (Å²) in [6.45, 7) is 0.693. The zero-order valence-corrected chi connectivity index (χ0v) is 14.5. The van der Waals surface area contributed by atoms with Gasteiger partial charge in [0, 0.05) is 13.0 Å². The minimum absolute atomic E-state index is 0.0689. The van der Waals surface area contributed by atoms with Gasteiger partial charge in [-0.2, -0.15) is 0 Å². The molecular weight excluding hydrogens is 330 g/mol. The molecule has 2 aliphatic carbocycles. The summed E-state index contributed by atoms with van der Waals surface area (Å²) in [5.74, 6) is 1.18. The molecule has 1 heterocycles. The van der Waals surface area contributed by atoms with Gasteiger partial charge in [-0.1, -0.05) is 24.3 Å². The van der Waals surface area contributed by atoms with E-state index in [4.69, 9.17) is 0 Å². The number of amides is 3. The second-order valence-corrected chi connectivity index (χ2v) is 7.44. The standard InChI is InChI=1S/C20H23N3O3/c24-18(21-11-14-10-12-5-6-13(14)9-12)8-7-17-20(26)22-16-4-2-1-3-15(16)19(25)23-17/h1-6,12-14,17H,7-11H2,(H,21,24)(H,22,26)(H,23,25)/t12-,13+,14-,17+/m1/s1. The number of allylic oxidation sites excluding steroid dienone is 2. The zero-order chi connectivity index (χ0) is 18.1. The van der Waals surface area contributed by atoms with Crippen molar-refractivity contribution >= 4 is 23.4 Å². The highest BCUT2D eigenvalue weighted by molar-refractivity contribution is 6.09. The predicted octanol–water partition coefficient (Wildman–Crippen LogP) is 1.85. The Bertz CT molecular complexity index is 773. The second-order valence-electron chi connectivity index (χ2n) is 7.44. The third-order valence-electron chi connectivity index (χ3n) is 5.69. The number of rotatable bonds is 5. The van der Waals surface area contributed by atoms with Gasteiger partial charge in [-0.05, 0) is 49.1 Å². The monoisotopic (exact) mass is 353 g/mol. The number of benzene rings is 1. The summed E-state index contributed by atoms with van der Waals surface area (Å²) in [6.07, 6.45) is 7.43. The Kier molecular flexibility index (Phi) is 4.49. The molecule has 1 aromatic rings. The van der Waals surface area contributed by atoms with Gasteiger partial charge in [0.2, 0.25) is 11.8 Å². The fourth-order valence-electron chi connectivity index (χ4n) is 4.25. The van der Waals surface area contributed by atoms with Gasteiger partial charge < -0.3 is 16.0 Å². The van der Waals surface area contributed by atoms with Crippen LogP contribution in [0.1, 0.15) is 36.0 Å². The van der Waals surface area contributed by atoms with Gasteiger partial charge in [0.05, 0.1) is 11.3 Å². The Morgan fingerprint density at radius 3 is 2.77 bits per heavy atom. The summed E-state index contributed by atoms with van der Waals surface area (Å²) in [6, 6.07) is 6.19. The van der Waals surface area contributed by atoms with Gasteiger partial charge in [0.25, 0.3) is 5.91 Å². The van der Waals surface area contributed by atoms with Crippen molar-refractivity contribution in [3.8, 4) is 0 Å². The van der Waals surface area contributed by atoms with E-state index < -0.39 is 6.04 Å². The Labute approximate surface area is 152 Å². The molecule has 1 fully saturated rings. The smallest absolute Gasteiger partial charge is 0.254 e. The SMILES string of the molecule is O=C(CC[C@@H]1NC(=O)c2ccccc2NC1=O)NC[C@H]1C[C@@H]2C=C[C@H]1C2. The molecule has 0 unspecified atom stereocenters. The van der Waals surface area contributed by atoms with Gasteiger partial charge >= 0.3 is 0 Å². The average Bonchev–Trinajstić information content (AvgIpc) is 3.23. The van der Waals surface area contributed by atoms with Crippen molar-refractivity contribution in [1.29, 1.82) is 0 Å². The van der Waals surface area contributed by atoms with Crippen LogP contribution in [-0.4, -0.2) is 30.3 Å². The van der Waals surface area contributed by atoms with E-state index in [1.165, 1.54) is 6.42 Å². The van der Waals surface area contributed by atoms with Crippen LogP contribution >= 0.6 is 0 Å². The summed E-state index contributed by atoms with van der Waals surface area (Å²) in [5.41, 5.74) is 0.948. The third kappa shape index (κ3) is 3.36. The van der Waals surface area contributed by atoms with E-state index in [1.54, 1.807) is 24.3 Å². The average molecular weight is 353 g/mol. The van der Waals surface area contributed by atoms with E-state index in [0.29, 0.717) is 35.5 Å². The Morgan fingerprint density at radius 2 is 2.00 bits per heavy atom. The molecule has 6 heteroatoms. The summed E-state index contributed by atoms with van der Waals surface area (Å²) < 4.78 is 0. The van der Waals surface area contributed by atoms with Crippen molar-refractivity contribution < 1.29 is 14.4 Å². The lowest BCUT2D eigenvalue weighted by molar-refractivity contribution is -0.122. The third-order valence-corrected chi connectivity index (χ3v) is 5.69. The predicted molar refractivity (Wildman–Crippen MR) is 97.4 cm³/mol. The summed E-state index contributed by atoms with van der Waals surface area (Å²) in [7, 11) is 0. The van der Waals surface area contributed by atoms with E-state index >= 15 is 0 Å². The van der Waals surface area contributed by atoms with Crippen LogP contribution < -0.4 is 16.0 Å². The van der Waals surface area contributed by atoms with Crippen molar-refractivity contribution in [2.45, 2.75) is 31.7 Å². The number of hydrogen-bond donors (Lipinski definition) is 3. The van der Waals surface area contributed by atoms with E-state index in [9.17, 15) is 14.4 Å². The number of carbonyl (C=O) groups excluding carboxylic acids is 3. The molecule has 2 bridgehead atoms. The fourth-order valence-corrected chi connectivity index (χ4v) is 4.25. The van der Waals surface area contributed by atoms with Crippen LogP contribution in [0.3, 0.4) is 0 Å². The molecule has 0 radical (unpaired) electrons. The summed E-state index contributed by atoms with van der Waals surface area (Å²) in [4.78, 5) is 36.8. The zero-order valence-electron chi connectivity index (χ0n) is 14.5. The molecule has 0 aromatic heterocycles. The maximum absolute atomic E-state index is 12.3. The van der Waals surface area contributed by atoms with Crippen LogP contribution in [0.15, 0.2) is 36.4 Å². The van der Waals surface area contributed by atoms with Gasteiger partial charge in [0.15, 0.2) is 0 Å². The lowest BCUT2D eigenvalue weighted by Crippen LogP contribution is -2.42. The van der Waals surface area contributed by atoms with Crippen LogP contribution in [0.2, 0.25) is 0 Å². The van der Waals surface area contributed by atoms with Crippen molar-refractivity contribution in [2.75, 3.05) is 11.9 Å². The fraction of sp³-hybridized carbons (Fsp3) is 0.450. The van der Waals surface area contributed by atoms with Gasteiger partial charge in [0.1, 0.15) is 6.04 Å². The largest absolute Gasteiger partial charge is 0.356 e. The summed E-state index contributed by atoms with van der Waals surface area (Å²) >= 11 is 0. The second kappa shape index (κ2) is 6.94. The highest BCUT2D eigenvalue weighted by Gasteiger charge is 2.35. The van der Waals surface area contributed by atoms with Crippen LogP contribution in [0.25, 0.3) is 0 Å². The first-order valence-corrected chi connectivity index (χ1v) is 9.26. The lowest BCUT2D eigenvalue weighted by atomic mass is 9.93. The number of hydrogen-bond acceptors (Lipinski definition) is 3. The number of anilines is 1. The van der Waals surface area contributed by atoms with Crippen molar-refractivity contribution in [1.82, 2.24) is 10.6 Å². The lowest BCUT2D eigenvalue weighted by Gasteiger charge is -2.19. The van der Waals surface area contributed by atoms with Crippen molar-refractivity contribution in [3.05, 3.63) is 42.0 Å². The quantitative estimate of drug-likeness (QED) is 0.706. The molecule has 4 atom stereocenters. The molecule has 1 aliphatic heterocycles. The maximum atomic E-state index is 12.3. The van der Waals surface area contributed by atoms with E-state index in [2.05, 4.69) is 28.1 Å². The maximum Gasteiger partial charge on any atom is 0.254 e. The van der Waals surface area contributed by atoms with Crippen LogP contribution in [0.5, 0.6) is 0 Å². The molecule has 0 spiro atoms. The molecule has 1 saturated carbocycles. The minimum Gasteiger partial charge on any atom is -0.356 e. The molecule has 0 saturated heterocycles. The topological polar surface area (TPSA) is 87.3 Å². The molecular formula is C20H23N3O3. The minimum atomic E-state index is -0.703. The molecule has 3 N–H and O–H groups in total. The highest BCUT2D eigenvalue weighted by Crippen LogP contribution is 2.42. The van der Waals surface area contributed by atoms with E-state index in [1.807, 2.05) is 0 Å². The van der Waals surface area contributed by atoms with Crippen LogP contribution in [0.4, 0.5) is 5.69 Å². The molecule has 3 amide bonds. The number of fused-ring (bicyclic) bond motifs is 3. The van der Waals surface area contributed by atoms with Crippen LogP contribution in [0, 0.1) is 17.8 Å². The first-order chi connectivity index (χ1) is 12.6. The molecule has 6 nitrogen and oxygen atoms in total. The van der Waals surface area contributed by atoms with E-state index in [0.717, 1.165) is 6.42 Å². The molecule has 4 rings (SSSR count). The van der Waals surface area contributed by atoms with Gasteiger partial charge in [-0.3, -0.25) is 14.4 Å².